The van der Waals surface area contributed by atoms with E-state index in [1.807, 2.05) is 6.92 Å². The lowest BCUT2D eigenvalue weighted by Gasteiger charge is -2.15. The maximum absolute atomic E-state index is 12.0. The van der Waals surface area contributed by atoms with Crippen LogP contribution in [0.2, 0.25) is 0 Å². The van der Waals surface area contributed by atoms with Crippen LogP contribution >= 0.6 is 0 Å². The third-order valence-electron chi connectivity index (χ3n) is 3.16. The number of carbonyl (C=O) groups is 3. The van der Waals surface area contributed by atoms with E-state index in [1.165, 1.54) is 6.92 Å². The Balaban J connectivity index is 2.71. The standard InChI is InChI=1S/C16H22N2O4/c1-3-4-8-14(16(21)22)18-15(20)10-12-7-5-6-9-13(12)17-11(2)19/h5-7,9,14H,3-4,8,10H2,1-2H3,(H,17,19)(H,18,20)(H,21,22). The van der Waals surface area contributed by atoms with Crippen molar-refractivity contribution in [2.45, 2.75) is 45.6 Å². The molecule has 0 heterocycles. The number of hydrogen-bond donors (Lipinski definition) is 3. The summed E-state index contributed by atoms with van der Waals surface area (Å²) in [6, 6.07) is 6.08. The van der Waals surface area contributed by atoms with Crippen LogP contribution in [0.5, 0.6) is 0 Å². The van der Waals surface area contributed by atoms with E-state index in [-0.39, 0.29) is 18.2 Å². The van der Waals surface area contributed by atoms with Gasteiger partial charge in [-0.25, -0.2) is 4.79 Å². The lowest BCUT2D eigenvalue weighted by Crippen LogP contribution is -2.41. The van der Waals surface area contributed by atoms with Gasteiger partial charge in [0.05, 0.1) is 6.42 Å². The van der Waals surface area contributed by atoms with Gasteiger partial charge in [-0.2, -0.15) is 0 Å². The Labute approximate surface area is 129 Å². The van der Waals surface area contributed by atoms with E-state index in [2.05, 4.69) is 10.6 Å². The summed E-state index contributed by atoms with van der Waals surface area (Å²) >= 11 is 0. The number of anilines is 1. The predicted molar refractivity (Wildman–Crippen MR) is 83.5 cm³/mol. The first-order valence-corrected chi connectivity index (χ1v) is 7.31. The fourth-order valence-electron chi connectivity index (χ4n) is 2.07. The molecule has 0 fully saturated rings. The normalized spacial score (nSPS) is 11.5. The lowest BCUT2D eigenvalue weighted by atomic mass is 10.1. The predicted octanol–water partition coefficient (Wildman–Crippen LogP) is 1.95. The van der Waals surface area contributed by atoms with Crippen LogP contribution in [-0.4, -0.2) is 28.9 Å². The Kier molecular flexibility index (Phi) is 7.08. The molecule has 0 aromatic heterocycles. The number of aliphatic carboxylic acids is 1. The molecule has 0 saturated heterocycles. The molecule has 0 spiro atoms. The minimum Gasteiger partial charge on any atom is -0.480 e. The van der Waals surface area contributed by atoms with Gasteiger partial charge in [0.25, 0.3) is 0 Å². The summed E-state index contributed by atoms with van der Waals surface area (Å²) in [7, 11) is 0. The van der Waals surface area contributed by atoms with Gasteiger partial charge < -0.3 is 15.7 Å². The average Bonchev–Trinajstić information content (AvgIpc) is 2.44. The van der Waals surface area contributed by atoms with Crippen LogP contribution in [0.1, 0.15) is 38.7 Å². The Morgan fingerprint density at radius 3 is 2.50 bits per heavy atom. The Morgan fingerprint density at radius 2 is 1.91 bits per heavy atom. The van der Waals surface area contributed by atoms with Gasteiger partial charge in [0, 0.05) is 12.6 Å². The number of unbranched alkanes of at least 4 members (excludes halogenated alkanes) is 1. The molecule has 0 radical (unpaired) electrons. The summed E-state index contributed by atoms with van der Waals surface area (Å²) in [4.78, 5) is 34.3. The molecule has 1 aromatic rings. The van der Waals surface area contributed by atoms with Gasteiger partial charge in [-0.1, -0.05) is 38.0 Å². The molecule has 1 unspecified atom stereocenters. The number of nitrogens with one attached hydrogen (secondary N) is 2. The van der Waals surface area contributed by atoms with Crippen LogP contribution in [0, 0.1) is 0 Å². The summed E-state index contributed by atoms with van der Waals surface area (Å²) in [5.41, 5.74) is 1.21. The van der Waals surface area contributed by atoms with E-state index in [1.54, 1.807) is 24.3 Å². The molecule has 1 atom stereocenters. The Morgan fingerprint density at radius 1 is 1.23 bits per heavy atom. The van der Waals surface area contributed by atoms with Gasteiger partial charge in [0.15, 0.2) is 0 Å². The molecule has 0 aliphatic rings. The number of amides is 2. The number of carboxylic acids is 1. The fourth-order valence-corrected chi connectivity index (χ4v) is 2.07. The zero-order valence-electron chi connectivity index (χ0n) is 12.9. The second-order valence-corrected chi connectivity index (χ2v) is 5.12. The third kappa shape index (κ3) is 5.95. The molecule has 0 aliphatic carbocycles. The minimum absolute atomic E-state index is 0.0202. The first kappa shape index (κ1) is 17.7. The zero-order chi connectivity index (χ0) is 16.5. The van der Waals surface area contributed by atoms with E-state index in [0.717, 1.165) is 12.8 Å². The van der Waals surface area contributed by atoms with E-state index in [0.29, 0.717) is 17.7 Å². The van der Waals surface area contributed by atoms with Crippen LogP contribution in [0.15, 0.2) is 24.3 Å². The maximum atomic E-state index is 12.0. The van der Waals surface area contributed by atoms with E-state index in [9.17, 15) is 14.4 Å². The molecule has 0 bridgehead atoms. The first-order chi connectivity index (χ1) is 10.4. The van der Waals surface area contributed by atoms with Gasteiger partial charge in [0.2, 0.25) is 11.8 Å². The highest BCUT2D eigenvalue weighted by Gasteiger charge is 2.19. The molecular formula is C16H22N2O4. The van der Waals surface area contributed by atoms with Crippen molar-refractivity contribution in [2.24, 2.45) is 0 Å². The number of rotatable bonds is 8. The van der Waals surface area contributed by atoms with Crippen molar-refractivity contribution in [1.82, 2.24) is 5.32 Å². The quantitative estimate of drug-likeness (QED) is 0.684. The molecule has 6 heteroatoms. The van der Waals surface area contributed by atoms with Gasteiger partial charge in [-0.3, -0.25) is 9.59 Å². The zero-order valence-corrected chi connectivity index (χ0v) is 12.9. The summed E-state index contributed by atoms with van der Waals surface area (Å²) in [6.45, 7) is 3.35. The van der Waals surface area contributed by atoms with E-state index in [4.69, 9.17) is 5.11 Å². The highest BCUT2D eigenvalue weighted by Crippen LogP contribution is 2.15. The number of hydrogen-bond acceptors (Lipinski definition) is 3. The van der Waals surface area contributed by atoms with Gasteiger partial charge in [-0.15, -0.1) is 0 Å². The van der Waals surface area contributed by atoms with Crippen molar-refractivity contribution in [3.05, 3.63) is 29.8 Å². The van der Waals surface area contributed by atoms with Crippen molar-refractivity contribution in [3.8, 4) is 0 Å². The van der Waals surface area contributed by atoms with Crippen LogP contribution in [0.4, 0.5) is 5.69 Å². The molecule has 3 N–H and O–H groups in total. The molecule has 0 aliphatic heterocycles. The molecule has 0 saturated carbocycles. The number of carbonyl (C=O) groups excluding carboxylic acids is 2. The SMILES string of the molecule is CCCCC(NC(=O)Cc1ccccc1NC(C)=O)C(=O)O. The largest absolute Gasteiger partial charge is 0.480 e. The summed E-state index contributed by atoms with van der Waals surface area (Å²) in [5, 5.41) is 14.3. The van der Waals surface area contributed by atoms with Crippen LogP contribution in [0.3, 0.4) is 0 Å². The van der Waals surface area contributed by atoms with E-state index >= 15 is 0 Å². The van der Waals surface area contributed by atoms with Gasteiger partial charge in [-0.05, 0) is 18.1 Å². The molecule has 120 valence electrons. The molecule has 1 rings (SSSR count). The molecule has 6 nitrogen and oxygen atoms in total. The monoisotopic (exact) mass is 306 g/mol. The fraction of sp³-hybridized carbons (Fsp3) is 0.438. The maximum Gasteiger partial charge on any atom is 0.326 e. The van der Waals surface area contributed by atoms with Crippen molar-refractivity contribution < 1.29 is 19.5 Å². The van der Waals surface area contributed by atoms with Crippen molar-refractivity contribution >= 4 is 23.5 Å². The summed E-state index contributed by atoms with van der Waals surface area (Å²) in [5.74, 6) is -1.63. The molecular weight excluding hydrogens is 284 g/mol. The second-order valence-electron chi connectivity index (χ2n) is 5.12. The summed E-state index contributed by atoms with van der Waals surface area (Å²) in [6.07, 6.45) is 2.03. The highest BCUT2D eigenvalue weighted by molar-refractivity contribution is 5.91. The van der Waals surface area contributed by atoms with Crippen molar-refractivity contribution in [3.63, 3.8) is 0 Å². The number of carboxylic acid groups (broad SMARTS) is 1. The Hall–Kier alpha value is -2.37. The van der Waals surface area contributed by atoms with Gasteiger partial charge >= 0.3 is 5.97 Å². The average molecular weight is 306 g/mol. The Bertz CT molecular complexity index is 543. The highest BCUT2D eigenvalue weighted by atomic mass is 16.4. The number of para-hydroxylation sites is 1. The van der Waals surface area contributed by atoms with Crippen molar-refractivity contribution in [1.29, 1.82) is 0 Å². The van der Waals surface area contributed by atoms with E-state index < -0.39 is 12.0 Å². The van der Waals surface area contributed by atoms with Crippen LogP contribution < -0.4 is 10.6 Å². The molecule has 22 heavy (non-hydrogen) atoms. The summed E-state index contributed by atoms with van der Waals surface area (Å²) < 4.78 is 0. The first-order valence-electron chi connectivity index (χ1n) is 7.31. The number of benzene rings is 1. The smallest absolute Gasteiger partial charge is 0.326 e. The third-order valence-corrected chi connectivity index (χ3v) is 3.16. The molecule has 2 amide bonds. The van der Waals surface area contributed by atoms with Crippen LogP contribution in [0.25, 0.3) is 0 Å². The van der Waals surface area contributed by atoms with Crippen LogP contribution in [-0.2, 0) is 20.8 Å². The second kappa shape index (κ2) is 8.81. The molecule has 1 aromatic carbocycles. The lowest BCUT2D eigenvalue weighted by molar-refractivity contribution is -0.142. The topological polar surface area (TPSA) is 95.5 Å². The minimum atomic E-state index is -1.03. The van der Waals surface area contributed by atoms with Gasteiger partial charge in [0.1, 0.15) is 6.04 Å². The van der Waals surface area contributed by atoms with Crippen molar-refractivity contribution in [2.75, 3.05) is 5.32 Å².